The Morgan fingerprint density at radius 3 is 2.67 bits per heavy atom. The summed E-state index contributed by atoms with van der Waals surface area (Å²) in [7, 11) is 1.45. The zero-order valence-corrected chi connectivity index (χ0v) is 17.0. The highest BCUT2D eigenvalue weighted by Crippen LogP contribution is 2.37. The quantitative estimate of drug-likeness (QED) is 0.642. The number of halogens is 1. The standard InChI is InChI=1S/C20H18BrNO4S/c1-26-17-10-14(15(21)12-16(17)23)11-18-19(24)22(20(25)27-18)9-5-8-13-6-3-2-4-7-13/h2-4,6-7,10-12,23H,5,8-9H2,1H3/b18-11+. The van der Waals surface area contributed by atoms with Gasteiger partial charge in [-0.1, -0.05) is 46.3 Å². The molecule has 7 heteroatoms. The number of aryl methyl sites for hydroxylation is 1. The average molecular weight is 448 g/mol. The van der Waals surface area contributed by atoms with Gasteiger partial charge in [-0.15, -0.1) is 0 Å². The number of phenolic OH excluding ortho intramolecular Hbond substituents is 1. The molecular formula is C20H18BrNO4S. The fourth-order valence-corrected chi connectivity index (χ4v) is 4.05. The maximum Gasteiger partial charge on any atom is 0.293 e. The van der Waals surface area contributed by atoms with Gasteiger partial charge in [-0.3, -0.25) is 14.5 Å². The maximum absolute atomic E-state index is 12.6. The molecule has 3 rings (SSSR count). The van der Waals surface area contributed by atoms with Crippen molar-refractivity contribution in [1.82, 2.24) is 4.90 Å². The van der Waals surface area contributed by atoms with Crippen LogP contribution in [0.4, 0.5) is 4.79 Å². The van der Waals surface area contributed by atoms with Crippen LogP contribution in [-0.2, 0) is 11.2 Å². The van der Waals surface area contributed by atoms with E-state index < -0.39 is 0 Å². The van der Waals surface area contributed by atoms with Crippen LogP contribution in [-0.4, -0.2) is 34.8 Å². The molecule has 1 heterocycles. The van der Waals surface area contributed by atoms with Crippen molar-refractivity contribution in [2.75, 3.05) is 13.7 Å². The minimum atomic E-state index is -0.294. The lowest BCUT2D eigenvalue weighted by molar-refractivity contribution is -0.122. The third-order valence-electron chi connectivity index (χ3n) is 4.15. The molecule has 2 aromatic carbocycles. The number of benzene rings is 2. The number of hydrogen-bond donors (Lipinski definition) is 1. The molecule has 0 atom stereocenters. The number of thioether (sulfide) groups is 1. The molecule has 1 N–H and O–H groups in total. The number of aromatic hydroxyl groups is 1. The molecule has 0 bridgehead atoms. The highest BCUT2D eigenvalue weighted by molar-refractivity contribution is 9.10. The van der Waals surface area contributed by atoms with Crippen molar-refractivity contribution in [3.05, 3.63) is 63.0 Å². The molecule has 0 radical (unpaired) electrons. The van der Waals surface area contributed by atoms with Crippen LogP contribution >= 0.6 is 27.7 Å². The van der Waals surface area contributed by atoms with Crippen LogP contribution < -0.4 is 4.74 Å². The minimum absolute atomic E-state index is 0.00413. The second-order valence-corrected chi connectivity index (χ2v) is 7.82. The van der Waals surface area contributed by atoms with Gasteiger partial charge in [0.15, 0.2) is 11.5 Å². The Morgan fingerprint density at radius 1 is 1.22 bits per heavy atom. The number of imide groups is 1. The number of amides is 2. The highest BCUT2D eigenvalue weighted by atomic mass is 79.9. The van der Waals surface area contributed by atoms with Gasteiger partial charge in [-0.25, -0.2) is 0 Å². The summed E-state index contributed by atoms with van der Waals surface area (Å²) in [5, 5.41) is 9.53. The molecule has 0 aliphatic carbocycles. The SMILES string of the molecule is COc1cc(/C=C2/SC(=O)N(CCCc3ccccc3)C2=O)c(Br)cc1O. The van der Waals surface area contributed by atoms with Gasteiger partial charge in [0, 0.05) is 11.0 Å². The van der Waals surface area contributed by atoms with E-state index in [0.717, 1.165) is 18.2 Å². The molecule has 5 nitrogen and oxygen atoms in total. The molecular weight excluding hydrogens is 430 g/mol. The normalized spacial score (nSPS) is 15.6. The third kappa shape index (κ3) is 4.54. The molecule has 2 aromatic rings. The van der Waals surface area contributed by atoms with E-state index in [1.165, 1.54) is 23.6 Å². The summed E-state index contributed by atoms with van der Waals surface area (Å²) in [5.74, 6) is -0.000848. The number of nitrogens with zero attached hydrogens (tertiary/aromatic N) is 1. The van der Waals surface area contributed by atoms with Crippen molar-refractivity contribution in [2.24, 2.45) is 0 Å². The predicted molar refractivity (Wildman–Crippen MR) is 110 cm³/mol. The largest absolute Gasteiger partial charge is 0.504 e. The van der Waals surface area contributed by atoms with Crippen LogP contribution in [0.3, 0.4) is 0 Å². The maximum atomic E-state index is 12.6. The van der Waals surface area contributed by atoms with Crippen LogP contribution in [0.25, 0.3) is 6.08 Å². The fraction of sp³-hybridized carbons (Fsp3) is 0.200. The van der Waals surface area contributed by atoms with Crippen molar-refractivity contribution >= 4 is 44.9 Å². The van der Waals surface area contributed by atoms with Crippen molar-refractivity contribution in [3.8, 4) is 11.5 Å². The zero-order chi connectivity index (χ0) is 19.4. The molecule has 0 unspecified atom stereocenters. The van der Waals surface area contributed by atoms with Crippen LogP contribution in [0.2, 0.25) is 0 Å². The van der Waals surface area contributed by atoms with E-state index in [1.54, 1.807) is 12.1 Å². The molecule has 0 spiro atoms. The lowest BCUT2D eigenvalue weighted by Gasteiger charge is -2.12. The monoisotopic (exact) mass is 447 g/mol. The highest BCUT2D eigenvalue weighted by Gasteiger charge is 2.34. The summed E-state index contributed by atoms with van der Waals surface area (Å²) in [6.45, 7) is 0.386. The fourth-order valence-electron chi connectivity index (χ4n) is 2.75. The topological polar surface area (TPSA) is 66.8 Å². The van der Waals surface area contributed by atoms with Gasteiger partial charge in [-0.05, 0) is 53.9 Å². The Hall–Kier alpha value is -2.25. The summed E-state index contributed by atoms with van der Waals surface area (Å²) in [6, 6.07) is 13.1. The Balaban J connectivity index is 1.71. The van der Waals surface area contributed by atoms with E-state index in [2.05, 4.69) is 15.9 Å². The molecule has 0 aromatic heterocycles. The van der Waals surface area contributed by atoms with Crippen molar-refractivity contribution in [1.29, 1.82) is 0 Å². The van der Waals surface area contributed by atoms with Crippen LogP contribution in [0.1, 0.15) is 17.5 Å². The lowest BCUT2D eigenvalue weighted by Crippen LogP contribution is -2.29. The first kappa shape index (κ1) is 19.5. The van der Waals surface area contributed by atoms with E-state index in [1.807, 2.05) is 30.3 Å². The number of ether oxygens (including phenoxy) is 1. The van der Waals surface area contributed by atoms with Crippen LogP contribution in [0.15, 0.2) is 51.8 Å². The number of phenols is 1. The first-order valence-electron chi connectivity index (χ1n) is 8.35. The second-order valence-electron chi connectivity index (χ2n) is 5.97. The summed E-state index contributed by atoms with van der Waals surface area (Å²) in [6.07, 6.45) is 3.16. The van der Waals surface area contributed by atoms with E-state index in [0.29, 0.717) is 33.7 Å². The summed E-state index contributed by atoms with van der Waals surface area (Å²) < 4.78 is 5.71. The van der Waals surface area contributed by atoms with Gasteiger partial charge < -0.3 is 9.84 Å². The van der Waals surface area contributed by atoms with Gasteiger partial charge >= 0.3 is 0 Å². The van der Waals surface area contributed by atoms with E-state index in [4.69, 9.17) is 4.74 Å². The summed E-state index contributed by atoms with van der Waals surface area (Å²) >= 11 is 4.28. The molecule has 0 saturated carbocycles. The lowest BCUT2D eigenvalue weighted by atomic mass is 10.1. The average Bonchev–Trinajstić information content (AvgIpc) is 2.92. The number of methoxy groups -OCH3 is 1. The van der Waals surface area contributed by atoms with Crippen LogP contribution in [0, 0.1) is 0 Å². The van der Waals surface area contributed by atoms with Crippen LogP contribution in [0.5, 0.6) is 11.5 Å². The predicted octanol–water partition coefficient (Wildman–Crippen LogP) is 4.83. The molecule has 27 heavy (non-hydrogen) atoms. The van der Waals surface area contributed by atoms with Gasteiger partial charge in [0.05, 0.1) is 12.0 Å². The Bertz CT molecular complexity index is 898. The zero-order valence-electron chi connectivity index (χ0n) is 14.6. The molecule has 2 amide bonds. The second kappa shape index (κ2) is 8.63. The van der Waals surface area contributed by atoms with Gasteiger partial charge in [-0.2, -0.15) is 0 Å². The smallest absolute Gasteiger partial charge is 0.293 e. The van der Waals surface area contributed by atoms with E-state index in [9.17, 15) is 14.7 Å². The number of carbonyl (C=O) groups excluding carboxylic acids is 2. The van der Waals surface area contributed by atoms with Crippen molar-refractivity contribution in [3.63, 3.8) is 0 Å². The number of hydrogen-bond acceptors (Lipinski definition) is 5. The molecule has 140 valence electrons. The van der Waals surface area contributed by atoms with Gasteiger partial charge in [0.25, 0.3) is 11.1 Å². The molecule has 1 aliphatic rings. The van der Waals surface area contributed by atoms with E-state index in [-0.39, 0.29) is 16.9 Å². The molecule has 1 fully saturated rings. The van der Waals surface area contributed by atoms with Gasteiger partial charge in [0.2, 0.25) is 0 Å². The summed E-state index contributed by atoms with van der Waals surface area (Å²) in [4.78, 5) is 26.5. The third-order valence-corrected chi connectivity index (χ3v) is 5.74. The van der Waals surface area contributed by atoms with E-state index >= 15 is 0 Å². The minimum Gasteiger partial charge on any atom is -0.504 e. The summed E-state index contributed by atoms with van der Waals surface area (Å²) in [5.41, 5.74) is 1.83. The Morgan fingerprint density at radius 2 is 1.96 bits per heavy atom. The van der Waals surface area contributed by atoms with Crippen molar-refractivity contribution in [2.45, 2.75) is 12.8 Å². The molecule has 1 aliphatic heterocycles. The number of carbonyl (C=O) groups is 2. The number of rotatable bonds is 6. The van der Waals surface area contributed by atoms with Gasteiger partial charge in [0.1, 0.15) is 0 Å². The molecule has 1 saturated heterocycles. The Kier molecular flexibility index (Phi) is 6.23. The van der Waals surface area contributed by atoms with Crippen molar-refractivity contribution < 1.29 is 19.4 Å². The first-order valence-corrected chi connectivity index (χ1v) is 9.96. The Labute approximate surface area is 170 Å². The first-order chi connectivity index (χ1) is 13.0.